The smallest absolute Gasteiger partial charge is 0.276 e. The Morgan fingerprint density at radius 1 is 1.27 bits per heavy atom. The second kappa shape index (κ2) is 8.50. The number of carbonyl (C=O) groups is 1. The molecule has 26 heavy (non-hydrogen) atoms. The predicted octanol–water partition coefficient (Wildman–Crippen LogP) is 3.02. The molecule has 8 nitrogen and oxygen atoms in total. The summed E-state index contributed by atoms with van der Waals surface area (Å²) in [5.41, 5.74) is 0.844. The van der Waals surface area contributed by atoms with Crippen LogP contribution in [-0.2, 0) is 18.2 Å². The summed E-state index contributed by atoms with van der Waals surface area (Å²) in [7, 11) is 0. The van der Waals surface area contributed by atoms with E-state index in [1.165, 1.54) is 4.68 Å². The van der Waals surface area contributed by atoms with Crippen LogP contribution in [0.5, 0.6) is 5.75 Å². The monoisotopic (exact) mass is 375 g/mol. The molecule has 0 spiro atoms. The third-order valence-electron chi connectivity index (χ3n) is 3.35. The molecule has 0 aliphatic rings. The number of aromatic nitrogens is 4. The lowest BCUT2D eigenvalue weighted by Gasteiger charge is -2.06. The van der Waals surface area contributed by atoms with Crippen LogP contribution in [-0.4, -0.2) is 32.1 Å². The van der Waals surface area contributed by atoms with Crippen molar-refractivity contribution >= 4 is 23.2 Å². The molecule has 1 aromatic carbocycles. The summed E-state index contributed by atoms with van der Waals surface area (Å²) in [4.78, 5) is 12.3. The van der Waals surface area contributed by atoms with E-state index >= 15 is 0 Å². The summed E-state index contributed by atoms with van der Waals surface area (Å²) < 4.78 is 13.9. The number of halogens is 1. The van der Waals surface area contributed by atoms with Crippen LogP contribution >= 0.6 is 11.6 Å². The Labute approximate surface area is 155 Å². The van der Waals surface area contributed by atoms with E-state index in [0.717, 1.165) is 0 Å². The topological polar surface area (TPSA) is 83.2 Å². The summed E-state index contributed by atoms with van der Waals surface area (Å²) in [6.07, 6.45) is 4.90. The molecule has 136 valence electrons. The maximum atomic E-state index is 12.3. The second-order valence-corrected chi connectivity index (χ2v) is 5.75. The molecule has 0 bridgehead atoms. The maximum absolute atomic E-state index is 12.3. The van der Waals surface area contributed by atoms with Crippen LogP contribution in [0.25, 0.3) is 0 Å². The lowest BCUT2D eigenvalue weighted by molar-refractivity contribution is 0.0792. The van der Waals surface area contributed by atoms with Gasteiger partial charge in [0.15, 0.2) is 12.4 Å². The van der Waals surface area contributed by atoms with E-state index in [9.17, 15) is 4.79 Å². The van der Waals surface area contributed by atoms with Crippen LogP contribution in [0.4, 0.5) is 5.69 Å². The van der Waals surface area contributed by atoms with Gasteiger partial charge in [-0.05, 0) is 31.2 Å². The number of nitrogens with zero attached hydrogens (tertiary/aromatic N) is 4. The van der Waals surface area contributed by atoms with Gasteiger partial charge in [0.2, 0.25) is 0 Å². The van der Waals surface area contributed by atoms with E-state index in [1.807, 2.05) is 6.92 Å². The van der Waals surface area contributed by atoms with Crippen molar-refractivity contribution in [1.29, 1.82) is 0 Å². The highest BCUT2D eigenvalue weighted by Crippen LogP contribution is 2.17. The van der Waals surface area contributed by atoms with Gasteiger partial charge in [-0.3, -0.25) is 4.79 Å². The van der Waals surface area contributed by atoms with Gasteiger partial charge in [0.1, 0.15) is 12.5 Å². The number of amides is 1. The number of benzene rings is 1. The Balaban J connectivity index is 1.55. The van der Waals surface area contributed by atoms with Crippen molar-refractivity contribution in [2.24, 2.45) is 0 Å². The molecule has 0 aliphatic heterocycles. The number of nitrogens with one attached hydrogen (secondary N) is 1. The fourth-order valence-corrected chi connectivity index (χ4v) is 2.31. The fraction of sp³-hybridized carbons (Fsp3) is 0.235. The van der Waals surface area contributed by atoms with Crippen molar-refractivity contribution < 1.29 is 14.3 Å². The lowest BCUT2D eigenvalue weighted by Crippen LogP contribution is -2.14. The number of hydrogen-bond donors (Lipinski definition) is 1. The molecule has 0 saturated heterocycles. The van der Waals surface area contributed by atoms with Crippen LogP contribution in [0.3, 0.4) is 0 Å². The average molecular weight is 376 g/mol. The van der Waals surface area contributed by atoms with Crippen LogP contribution in [0, 0.1) is 0 Å². The van der Waals surface area contributed by atoms with Crippen LogP contribution in [0.1, 0.15) is 17.4 Å². The minimum absolute atomic E-state index is 0.167. The van der Waals surface area contributed by atoms with E-state index < -0.39 is 0 Å². The van der Waals surface area contributed by atoms with Gasteiger partial charge in [0, 0.05) is 17.8 Å². The molecule has 0 radical (unpaired) electrons. The van der Waals surface area contributed by atoms with Crippen LogP contribution < -0.4 is 10.1 Å². The van der Waals surface area contributed by atoms with Crippen molar-refractivity contribution in [1.82, 2.24) is 19.6 Å². The fourth-order valence-electron chi connectivity index (χ4n) is 2.13. The number of hydrogen-bond acceptors (Lipinski definition) is 5. The third-order valence-corrected chi connectivity index (χ3v) is 3.59. The first-order chi connectivity index (χ1) is 12.6. The van der Waals surface area contributed by atoms with E-state index in [2.05, 4.69) is 15.5 Å². The molecule has 9 heteroatoms. The molecule has 0 saturated carbocycles. The molecule has 3 aromatic rings. The molecule has 2 aromatic heterocycles. The summed E-state index contributed by atoms with van der Waals surface area (Å²) in [5.74, 6) is 0.295. The van der Waals surface area contributed by atoms with E-state index in [1.54, 1.807) is 53.6 Å². The summed E-state index contributed by atoms with van der Waals surface area (Å²) in [6, 6.07) is 8.68. The first-order valence-electron chi connectivity index (χ1n) is 7.97. The highest BCUT2D eigenvalue weighted by molar-refractivity contribution is 6.30. The van der Waals surface area contributed by atoms with E-state index in [-0.39, 0.29) is 18.3 Å². The van der Waals surface area contributed by atoms with Crippen LogP contribution in [0.15, 0.2) is 48.9 Å². The second-order valence-electron chi connectivity index (χ2n) is 5.32. The number of carbonyl (C=O) groups excluding carboxylic acids is 1. The van der Waals surface area contributed by atoms with Gasteiger partial charge < -0.3 is 14.8 Å². The maximum Gasteiger partial charge on any atom is 0.276 e. The third kappa shape index (κ3) is 4.84. The zero-order chi connectivity index (χ0) is 18.4. The predicted molar refractivity (Wildman–Crippen MR) is 96.1 cm³/mol. The lowest BCUT2D eigenvalue weighted by atomic mass is 10.3. The Morgan fingerprint density at radius 2 is 2.15 bits per heavy atom. The molecule has 0 fully saturated rings. The minimum atomic E-state index is -0.331. The highest BCUT2D eigenvalue weighted by atomic mass is 35.5. The molecular weight excluding hydrogens is 358 g/mol. The zero-order valence-corrected chi connectivity index (χ0v) is 14.9. The standard InChI is InChI=1S/C17H18ClN5O3/c1-2-25-11-23-10-14(9-19-23)20-17(24)16-6-7-22(21-16)12-26-15-5-3-4-13(18)8-15/h3-10H,2,11-12H2,1H3,(H,20,24). The van der Waals surface area contributed by atoms with Crippen molar-refractivity contribution in [2.45, 2.75) is 20.4 Å². The molecular formula is C17H18ClN5O3. The molecule has 3 rings (SSSR count). The average Bonchev–Trinajstić information content (AvgIpc) is 3.28. The van der Waals surface area contributed by atoms with E-state index in [4.69, 9.17) is 21.1 Å². The van der Waals surface area contributed by atoms with Gasteiger partial charge >= 0.3 is 0 Å². The van der Waals surface area contributed by atoms with Crippen molar-refractivity contribution in [2.75, 3.05) is 11.9 Å². The Morgan fingerprint density at radius 3 is 2.96 bits per heavy atom. The van der Waals surface area contributed by atoms with Crippen LogP contribution in [0.2, 0.25) is 5.02 Å². The quantitative estimate of drug-likeness (QED) is 0.654. The summed E-state index contributed by atoms with van der Waals surface area (Å²) in [6.45, 7) is 3.00. The Kier molecular flexibility index (Phi) is 5.88. The number of ether oxygens (including phenoxy) is 2. The van der Waals surface area contributed by atoms with Crippen molar-refractivity contribution in [3.05, 3.63) is 59.6 Å². The molecule has 1 N–H and O–H groups in total. The first-order valence-corrected chi connectivity index (χ1v) is 8.35. The number of rotatable bonds is 8. The molecule has 0 aliphatic carbocycles. The minimum Gasteiger partial charge on any atom is -0.471 e. The van der Waals surface area contributed by atoms with Crippen molar-refractivity contribution in [3.63, 3.8) is 0 Å². The molecule has 0 atom stereocenters. The normalized spacial score (nSPS) is 10.7. The summed E-state index contributed by atoms with van der Waals surface area (Å²) >= 11 is 5.91. The van der Waals surface area contributed by atoms with Gasteiger partial charge in [-0.25, -0.2) is 9.36 Å². The van der Waals surface area contributed by atoms with Gasteiger partial charge in [0.05, 0.1) is 18.1 Å². The van der Waals surface area contributed by atoms with E-state index in [0.29, 0.717) is 29.8 Å². The summed E-state index contributed by atoms with van der Waals surface area (Å²) in [5, 5.41) is 11.6. The molecule has 0 unspecified atom stereocenters. The molecule has 1 amide bonds. The Hall–Kier alpha value is -2.84. The van der Waals surface area contributed by atoms with Gasteiger partial charge in [-0.2, -0.15) is 10.2 Å². The van der Waals surface area contributed by atoms with Gasteiger partial charge in [-0.15, -0.1) is 0 Å². The SMILES string of the molecule is CCOCn1cc(NC(=O)c2ccn(COc3cccc(Cl)c3)n2)cn1. The first kappa shape index (κ1) is 18.0. The van der Waals surface area contributed by atoms with Gasteiger partial charge in [-0.1, -0.05) is 17.7 Å². The molecule has 2 heterocycles. The largest absolute Gasteiger partial charge is 0.471 e. The zero-order valence-electron chi connectivity index (χ0n) is 14.1. The van der Waals surface area contributed by atoms with Gasteiger partial charge in [0.25, 0.3) is 5.91 Å². The number of anilines is 1. The Bertz CT molecular complexity index is 877. The highest BCUT2D eigenvalue weighted by Gasteiger charge is 2.11. The van der Waals surface area contributed by atoms with Crippen molar-refractivity contribution in [3.8, 4) is 5.75 Å².